The summed E-state index contributed by atoms with van der Waals surface area (Å²) >= 11 is 0. The summed E-state index contributed by atoms with van der Waals surface area (Å²) in [7, 11) is 0. The summed E-state index contributed by atoms with van der Waals surface area (Å²) in [5, 5.41) is 15.0. The van der Waals surface area contributed by atoms with Crippen molar-refractivity contribution in [1.29, 1.82) is 0 Å². The number of carboxylic acid groups (broad SMARTS) is 1. The summed E-state index contributed by atoms with van der Waals surface area (Å²) in [6.07, 6.45) is 3.26. The molecule has 0 bridgehead atoms. The van der Waals surface area contributed by atoms with Crippen LogP contribution in [-0.4, -0.2) is 211 Å². The largest absolute Gasteiger partial charge is 0.480 e. The smallest absolute Gasteiger partial charge is 0.317 e. The van der Waals surface area contributed by atoms with Crippen molar-refractivity contribution in [2.24, 2.45) is 5.73 Å². The van der Waals surface area contributed by atoms with Crippen LogP contribution < -0.4 is 16.4 Å². The van der Waals surface area contributed by atoms with Gasteiger partial charge in [0.2, 0.25) is 11.8 Å². The zero-order chi connectivity index (χ0) is 39.1. The zero-order valence-corrected chi connectivity index (χ0v) is 31.9. The lowest BCUT2D eigenvalue weighted by Crippen LogP contribution is -2.49. The highest BCUT2D eigenvalue weighted by atomic mass is 16.6. The Hall–Kier alpha value is -2.94. The van der Waals surface area contributed by atoms with Gasteiger partial charge in [-0.15, -0.1) is 0 Å². The quantitative estimate of drug-likeness (QED) is 0.0472. The van der Waals surface area contributed by atoms with Gasteiger partial charge in [-0.2, -0.15) is 0 Å². The van der Waals surface area contributed by atoms with Crippen LogP contribution in [0.2, 0.25) is 0 Å². The fourth-order valence-corrected chi connectivity index (χ4v) is 5.30. The van der Waals surface area contributed by atoms with E-state index in [9.17, 15) is 33.9 Å². The number of hydrogen-bond donors (Lipinski definition) is 4. The predicted octanol–water partition coefficient (Wildman–Crippen LogP) is -2.14. The Kier molecular flexibility index (Phi) is 28.5. The first kappa shape index (κ1) is 48.1. The lowest BCUT2D eigenvalue weighted by Gasteiger charge is -2.33. The van der Waals surface area contributed by atoms with E-state index in [0.717, 1.165) is 19.1 Å². The van der Waals surface area contributed by atoms with Crippen molar-refractivity contribution in [3.63, 3.8) is 0 Å². The van der Waals surface area contributed by atoms with Gasteiger partial charge in [0.15, 0.2) is 0 Å². The van der Waals surface area contributed by atoms with Gasteiger partial charge in [-0.05, 0) is 33.1 Å². The number of aldehydes is 1. The third kappa shape index (κ3) is 28.2. The number of carbonyl (C=O) groups excluding carboxylic acids is 5. The standard InChI is InChI=1S/C35H65N7O11/c1-30(44)27-40-13-15-41(11-9-39(17-18-43)10-12-42(16-14-40)29-35(48)49)28-34(47)38-8-20-51-22-24-53-26-25-52-23-21-50-19-6-33(46)37-7-4-3-5-32(36)31(2)45/h18,32H,3-17,19-29,36H2,1-2H3,(H,37,46)(H,38,47)(H,48,49). The molecule has 0 saturated carbocycles. The third-order valence-electron chi connectivity index (χ3n) is 8.38. The van der Waals surface area contributed by atoms with Crippen LogP contribution in [0.15, 0.2) is 0 Å². The third-order valence-corrected chi connectivity index (χ3v) is 8.38. The van der Waals surface area contributed by atoms with Crippen molar-refractivity contribution in [2.45, 2.75) is 45.6 Å². The molecule has 0 radical (unpaired) electrons. The maximum atomic E-state index is 12.8. The number of carbonyl (C=O) groups is 6. The van der Waals surface area contributed by atoms with E-state index in [0.29, 0.717) is 125 Å². The van der Waals surface area contributed by atoms with Crippen LogP contribution >= 0.6 is 0 Å². The second kappa shape index (κ2) is 31.4. The Morgan fingerprint density at radius 1 is 0.642 bits per heavy atom. The Morgan fingerprint density at radius 2 is 1.11 bits per heavy atom. The first-order valence-electron chi connectivity index (χ1n) is 18.6. The van der Waals surface area contributed by atoms with Crippen molar-refractivity contribution in [3.8, 4) is 0 Å². The molecule has 1 unspecified atom stereocenters. The van der Waals surface area contributed by atoms with Crippen LogP contribution in [-0.2, 0) is 47.7 Å². The maximum Gasteiger partial charge on any atom is 0.317 e. The number of hydrogen-bond acceptors (Lipinski definition) is 15. The molecule has 18 nitrogen and oxygen atoms in total. The molecule has 1 aliphatic rings. The fourth-order valence-electron chi connectivity index (χ4n) is 5.30. The molecular weight excluding hydrogens is 694 g/mol. The lowest BCUT2D eigenvalue weighted by molar-refractivity contribution is -0.138. The molecule has 18 heteroatoms. The van der Waals surface area contributed by atoms with Crippen molar-refractivity contribution in [1.82, 2.24) is 30.2 Å². The summed E-state index contributed by atoms with van der Waals surface area (Å²) in [6.45, 7) is 11.4. The molecule has 53 heavy (non-hydrogen) atoms. The van der Waals surface area contributed by atoms with Crippen LogP contribution in [0.25, 0.3) is 0 Å². The van der Waals surface area contributed by atoms with Gasteiger partial charge >= 0.3 is 5.97 Å². The summed E-state index contributed by atoms with van der Waals surface area (Å²) < 4.78 is 21.9. The molecule has 1 aliphatic heterocycles. The molecule has 2 amide bonds. The SMILES string of the molecule is CC(=O)CN1CCN(CC(=O)O)CCN(CC=O)CCN(CC(=O)NCCOCCOCCOCCOCCC(=O)NCCCCC(N)C(C)=O)CC1. The highest BCUT2D eigenvalue weighted by Gasteiger charge is 2.19. The van der Waals surface area contributed by atoms with E-state index in [-0.39, 0.29) is 56.0 Å². The van der Waals surface area contributed by atoms with Gasteiger partial charge in [0, 0.05) is 71.9 Å². The van der Waals surface area contributed by atoms with E-state index in [1.54, 1.807) is 0 Å². The highest BCUT2D eigenvalue weighted by Crippen LogP contribution is 2.02. The molecule has 0 aromatic carbocycles. The number of nitrogens with zero attached hydrogens (tertiary/aromatic N) is 4. The number of Topliss-reactive ketones (excluding diaryl/α,β-unsaturated/α-hetero) is 2. The molecule has 1 saturated heterocycles. The molecule has 1 atom stereocenters. The molecule has 0 spiro atoms. The summed E-state index contributed by atoms with van der Waals surface area (Å²) in [4.78, 5) is 78.0. The number of ether oxygens (including phenoxy) is 4. The number of rotatable bonds is 29. The summed E-state index contributed by atoms with van der Waals surface area (Å²) in [5.74, 6) is -1.18. The summed E-state index contributed by atoms with van der Waals surface area (Å²) in [5.41, 5.74) is 5.69. The van der Waals surface area contributed by atoms with Gasteiger partial charge in [-0.25, -0.2) is 0 Å². The minimum Gasteiger partial charge on any atom is -0.480 e. The molecule has 0 aromatic heterocycles. The first-order chi connectivity index (χ1) is 25.5. The molecular formula is C35H65N7O11. The molecule has 0 aliphatic carbocycles. The van der Waals surface area contributed by atoms with Crippen LogP contribution in [0.1, 0.15) is 39.5 Å². The van der Waals surface area contributed by atoms with Gasteiger partial charge in [0.25, 0.3) is 0 Å². The summed E-state index contributed by atoms with van der Waals surface area (Å²) in [6, 6.07) is -0.427. The zero-order valence-electron chi connectivity index (χ0n) is 31.9. The van der Waals surface area contributed by atoms with Gasteiger partial charge in [0.1, 0.15) is 17.9 Å². The first-order valence-corrected chi connectivity index (χ1v) is 18.6. The van der Waals surface area contributed by atoms with Crippen molar-refractivity contribution < 1.29 is 52.8 Å². The molecule has 1 rings (SSSR count). The normalized spacial score (nSPS) is 16.3. The van der Waals surface area contributed by atoms with E-state index in [1.807, 2.05) is 19.6 Å². The van der Waals surface area contributed by atoms with E-state index >= 15 is 0 Å². The number of unbranched alkanes of at least 4 members (excludes halogenated alkanes) is 1. The van der Waals surface area contributed by atoms with Crippen LogP contribution in [0, 0.1) is 0 Å². The number of nitrogens with one attached hydrogen (secondary N) is 2. The Bertz CT molecular complexity index is 1060. The highest BCUT2D eigenvalue weighted by molar-refractivity contribution is 5.81. The Balaban J connectivity index is 2.16. The Labute approximate surface area is 314 Å². The maximum absolute atomic E-state index is 12.8. The molecule has 306 valence electrons. The Morgan fingerprint density at radius 3 is 1.62 bits per heavy atom. The van der Waals surface area contributed by atoms with Gasteiger partial charge < -0.3 is 45.2 Å². The number of nitrogens with two attached hydrogens (primary N) is 1. The fraction of sp³-hybridized carbons (Fsp3) is 0.829. The van der Waals surface area contributed by atoms with Crippen molar-refractivity contribution >= 4 is 35.6 Å². The van der Waals surface area contributed by atoms with Crippen LogP contribution in [0.4, 0.5) is 0 Å². The minimum absolute atomic E-state index is 0.0118. The number of amides is 2. The predicted molar refractivity (Wildman–Crippen MR) is 197 cm³/mol. The molecule has 5 N–H and O–H groups in total. The number of ketones is 2. The number of carboxylic acids is 1. The van der Waals surface area contributed by atoms with Crippen molar-refractivity contribution in [3.05, 3.63) is 0 Å². The van der Waals surface area contributed by atoms with E-state index in [4.69, 9.17) is 24.7 Å². The lowest BCUT2D eigenvalue weighted by atomic mass is 10.1. The second-order valence-corrected chi connectivity index (χ2v) is 13.0. The van der Waals surface area contributed by atoms with Gasteiger partial charge in [-0.3, -0.25) is 43.6 Å². The monoisotopic (exact) mass is 759 g/mol. The van der Waals surface area contributed by atoms with E-state index in [1.165, 1.54) is 13.8 Å². The van der Waals surface area contributed by atoms with E-state index < -0.39 is 12.0 Å². The van der Waals surface area contributed by atoms with Gasteiger partial charge in [0.05, 0.1) is 85.1 Å². The molecule has 0 aromatic rings. The molecule has 1 fully saturated rings. The van der Waals surface area contributed by atoms with Crippen LogP contribution in [0.5, 0.6) is 0 Å². The average molecular weight is 760 g/mol. The topological polar surface area (TPSA) is 223 Å². The van der Waals surface area contributed by atoms with Crippen molar-refractivity contribution in [2.75, 3.05) is 144 Å². The van der Waals surface area contributed by atoms with E-state index in [2.05, 4.69) is 10.6 Å². The van der Waals surface area contributed by atoms with Gasteiger partial charge in [-0.1, -0.05) is 0 Å². The molecule has 1 heterocycles. The average Bonchev–Trinajstić information content (AvgIpc) is 3.10. The number of aliphatic carboxylic acids is 1. The van der Waals surface area contributed by atoms with Crippen LogP contribution in [0.3, 0.4) is 0 Å². The minimum atomic E-state index is -0.927. The second-order valence-electron chi connectivity index (χ2n) is 13.0.